The van der Waals surface area contributed by atoms with Crippen LogP contribution in [0.5, 0.6) is 0 Å². The van der Waals surface area contributed by atoms with E-state index in [0.717, 1.165) is 17.0 Å². The molecule has 0 radical (unpaired) electrons. The Balaban J connectivity index is 1.46. The predicted molar refractivity (Wildman–Crippen MR) is 93.0 cm³/mol. The summed E-state index contributed by atoms with van der Waals surface area (Å²) in [5.41, 5.74) is 1.04. The molecule has 3 fully saturated rings. The SMILES string of the molecule is O=C(N[C@H]1CN2CCC1CC2)c1ncc(-c2ccc(Cl)cc2)s1. The maximum Gasteiger partial charge on any atom is 0.280 e. The van der Waals surface area contributed by atoms with Crippen molar-refractivity contribution < 1.29 is 4.79 Å². The van der Waals surface area contributed by atoms with Crippen LogP contribution in [0.25, 0.3) is 10.4 Å². The minimum Gasteiger partial charge on any atom is -0.346 e. The van der Waals surface area contributed by atoms with Crippen LogP contribution in [-0.2, 0) is 0 Å². The van der Waals surface area contributed by atoms with Crippen LogP contribution < -0.4 is 5.32 Å². The van der Waals surface area contributed by atoms with Crippen molar-refractivity contribution in [3.63, 3.8) is 0 Å². The first-order valence-corrected chi connectivity index (χ1v) is 9.13. The van der Waals surface area contributed by atoms with Crippen LogP contribution in [-0.4, -0.2) is 41.5 Å². The van der Waals surface area contributed by atoms with Crippen LogP contribution in [0.1, 0.15) is 22.6 Å². The molecule has 2 aromatic rings. The van der Waals surface area contributed by atoms with Crippen LogP contribution in [0.4, 0.5) is 0 Å². The molecular formula is C17H18ClN3OS. The molecular weight excluding hydrogens is 330 g/mol. The van der Waals surface area contributed by atoms with Crippen LogP contribution in [0.2, 0.25) is 5.02 Å². The molecule has 1 aromatic heterocycles. The van der Waals surface area contributed by atoms with Crippen molar-refractivity contribution in [1.82, 2.24) is 15.2 Å². The van der Waals surface area contributed by atoms with Gasteiger partial charge in [-0.15, -0.1) is 11.3 Å². The number of piperidine rings is 3. The van der Waals surface area contributed by atoms with Gasteiger partial charge in [0.1, 0.15) is 0 Å². The van der Waals surface area contributed by atoms with E-state index in [9.17, 15) is 4.79 Å². The van der Waals surface area contributed by atoms with E-state index in [1.165, 1.54) is 37.3 Å². The summed E-state index contributed by atoms with van der Waals surface area (Å²) in [4.78, 5) is 20.2. The van der Waals surface area contributed by atoms with E-state index in [1.54, 1.807) is 6.20 Å². The molecule has 2 bridgehead atoms. The highest BCUT2D eigenvalue weighted by Gasteiger charge is 2.35. The Morgan fingerprint density at radius 1 is 1.26 bits per heavy atom. The quantitative estimate of drug-likeness (QED) is 0.926. The molecule has 4 nitrogen and oxygen atoms in total. The lowest BCUT2D eigenvalue weighted by Crippen LogP contribution is -2.57. The fraction of sp³-hybridized carbons (Fsp3) is 0.412. The van der Waals surface area contributed by atoms with Crippen molar-refractivity contribution in [2.75, 3.05) is 19.6 Å². The van der Waals surface area contributed by atoms with Gasteiger partial charge in [0.15, 0.2) is 5.01 Å². The molecule has 0 saturated carbocycles. The Bertz CT molecular complexity index is 707. The third-order valence-corrected chi connectivity index (χ3v) is 6.10. The van der Waals surface area contributed by atoms with E-state index < -0.39 is 0 Å². The second kappa shape index (κ2) is 6.23. The standard InChI is InChI=1S/C17H18ClN3OS/c18-13-3-1-12(2-4-13)15-9-19-17(23-15)16(22)20-14-10-21-7-5-11(14)6-8-21/h1-4,9,11,14H,5-8,10H2,(H,20,22)/t14-/m0/s1. The zero-order valence-corrected chi connectivity index (χ0v) is 14.2. The highest BCUT2D eigenvalue weighted by atomic mass is 35.5. The number of benzene rings is 1. The summed E-state index contributed by atoms with van der Waals surface area (Å²) in [5.74, 6) is 0.577. The zero-order chi connectivity index (χ0) is 15.8. The lowest BCUT2D eigenvalue weighted by Gasteiger charge is -2.44. The van der Waals surface area contributed by atoms with Gasteiger partial charge in [0, 0.05) is 23.8 Å². The Labute approximate surface area is 144 Å². The fourth-order valence-corrected chi connectivity index (χ4v) is 4.44. The summed E-state index contributed by atoms with van der Waals surface area (Å²) in [7, 11) is 0. The topological polar surface area (TPSA) is 45.2 Å². The predicted octanol–water partition coefficient (Wildman–Crippen LogP) is 3.29. The molecule has 3 saturated heterocycles. The number of hydrogen-bond donors (Lipinski definition) is 1. The minimum absolute atomic E-state index is 0.0473. The first kappa shape index (κ1) is 15.1. The molecule has 0 spiro atoms. The van der Waals surface area contributed by atoms with Crippen LogP contribution >= 0.6 is 22.9 Å². The van der Waals surface area contributed by atoms with Gasteiger partial charge in [-0.25, -0.2) is 4.98 Å². The Kier molecular flexibility index (Phi) is 4.09. The summed E-state index contributed by atoms with van der Waals surface area (Å²) < 4.78 is 0. The van der Waals surface area contributed by atoms with Crippen molar-refractivity contribution in [2.45, 2.75) is 18.9 Å². The van der Waals surface area contributed by atoms with E-state index >= 15 is 0 Å². The fourth-order valence-electron chi connectivity index (χ4n) is 3.49. The second-order valence-corrected chi connectivity index (χ2v) is 7.72. The summed E-state index contributed by atoms with van der Waals surface area (Å²) in [6, 6.07) is 7.87. The van der Waals surface area contributed by atoms with Crippen LogP contribution in [0, 0.1) is 5.92 Å². The molecule has 1 aromatic carbocycles. The van der Waals surface area contributed by atoms with Gasteiger partial charge in [0.25, 0.3) is 5.91 Å². The van der Waals surface area contributed by atoms with Gasteiger partial charge in [0.2, 0.25) is 0 Å². The van der Waals surface area contributed by atoms with Gasteiger partial charge >= 0.3 is 0 Å². The second-order valence-electron chi connectivity index (χ2n) is 6.25. The smallest absolute Gasteiger partial charge is 0.280 e. The molecule has 5 rings (SSSR count). The van der Waals surface area contributed by atoms with Gasteiger partial charge in [-0.3, -0.25) is 4.79 Å². The zero-order valence-electron chi connectivity index (χ0n) is 12.7. The molecule has 1 N–H and O–H groups in total. The number of rotatable bonds is 3. The lowest BCUT2D eigenvalue weighted by atomic mass is 9.84. The van der Waals surface area contributed by atoms with Gasteiger partial charge in [-0.2, -0.15) is 0 Å². The largest absolute Gasteiger partial charge is 0.346 e. The summed E-state index contributed by atoms with van der Waals surface area (Å²) >= 11 is 7.34. The molecule has 3 aliphatic heterocycles. The average Bonchev–Trinajstić information content (AvgIpc) is 3.07. The normalized spacial score (nSPS) is 26.2. The Hall–Kier alpha value is -1.43. The number of carbonyl (C=O) groups is 1. The number of hydrogen-bond acceptors (Lipinski definition) is 4. The molecule has 3 aliphatic rings. The summed E-state index contributed by atoms with van der Waals surface area (Å²) in [6.07, 6.45) is 4.15. The maximum absolute atomic E-state index is 12.5. The highest BCUT2D eigenvalue weighted by Crippen LogP contribution is 2.29. The maximum atomic E-state index is 12.5. The number of nitrogens with one attached hydrogen (secondary N) is 1. The third kappa shape index (κ3) is 3.13. The van der Waals surface area contributed by atoms with Crippen molar-refractivity contribution >= 4 is 28.8 Å². The van der Waals surface area contributed by atoms with Crippen LogP contribution in [0.3, 0.4) is 0 Å². The molecule has 120 valence electrons. The van der Waals surface area contributed by atoms with Crippen molar-refractivity contribution in [1.29, 1.82) is 0 Å². The van der Waals surface area contributed by atoms with E-state index in [4.69, 9.17) is 11.6 Å². The number of amides is 1. The molecule has 6 heteroatoms. The molecule has 1 atom stereocenters. The minimum atomic E-state index is -0.0473. The number of halogens is 1. The van der Waals surface area contributed by atoms with Crippen molar-refractivity contribution in [3.05, 3.63) is 40.5 Å². The third-order valence-electron chi connectivity index (χ3n) is 4.80. The van der Waals surface area contributed by atoms with Crippen molar-refractivity contribution in [2.24, 2.45) is 5.92 Å². The summed E-state index contributed by atoms with van der Waals surface area (Å²) in [6.45, 7) is 3.33. The number of thiazole rings is 1. The highest BCUT2D eigenvalue weighted by molar-refractivity contribution is 7.16. The van der Waals surface area contributed by atoms with Gasteiger partial charge in [-0.05, 0) is 49.5 Å². The Morgan fingerprint density at radius 3 is 2.65 bits per heavy atom. The number of nitrogens with zero attached hydrogens (tertiary/aromatic N) is 2. The summed E-state index contributed by atoms with van der Waals surface area (Å²) in [5, 5.41) is 4.43. The lowest BCUT2D eigenvalue weighted by molar-refractivity contribution is 0.0620. The van der Waals surface area contributed by atoms with Gasteiger partial charge in [-0.1, -0.05) is 23.7 Å². The van der Waals surface area contributed by atoms with E-state index in [-0.39, 0.29) is 11.9 Å². The first-order valence-electron chi connectivity index (χ1n) is 7.94. The number of aromatic nitrogens is 1. The molecule has 23 heavy (non-hydrogen) atoms. The first-order chi connectivity index (χ1) is 11.2. The monoisotopic (exact) mass is 347 g/mol. The molecule has 4 heterocycles. The molecule has 0 unspecified atom stereocenters. The van der Waals surface area contributed by atoms with Crippen LogP contribution in [0.15, 0.2) is 30.5 Å². The molecule has 0 aliphatic carbocycles. The van der Waals surface area contributed by atoms with Gasteiger partial charge in [0.05, 0.1) is 4.88 Å². The van der Waals surface area contributed by atoms with Crippen molar-refractivity contribution in [3.8, 4) is 10.4 Å². The van der Waals surface area contributed by atoms with E-state index in [0.29, 0.717) is 15.9 Å². The number of carbonyl (C=O) groups excluding carboxylic acids is 1. The van der Waals surface area contributed by atoms with E-state index in [2.05, 4.69) is 15.2 Å². The molecule has 1 amide bonds. The Morgan fingerprint density at radius 2 is 2.00 bits per heavy atom. The van der Waals surface area contributed by atoms with E-state index in [1.807, 2.05) is 24.3 Å². The van der Waals surface area contributed by atoms with Gasteiger partial charge < -0.3 is 10.2 Å². The average molecular weight is 348 g/mol. The number of fused-ring (bicyclic) bond motifs is 3.